The Bertz CT molecular complexity index is 538. The first-order chi connectivity index (χ1) is 9.76. The zero-order valence-corrected chi connectivity index (χ0v) is 12.7. The predicted molar refractivity (Wildman–Crippen MR) is 83.8 cm³/mol. The molecule has 5 nitrogen and oxygen atoms in total. The maximum Gasteiger partial charge on any atom is 0.183 e. The minimum absolute atomic E-state index is 0.546. The maximum absolute atomic E-state index is 8.71. The zero-order valence-electron chi connectivity index (χ0n) is 11.1. The fraction of sp³-hybridized carbons (Fsp3) is 0.385. The van der Waals surface area contributed by atoms with Crippen molar-refractivity contribution >= 4 is 39.9 Å². The minimum atomic E-state index is 0.546. The normalized spacial score (nSPS) is 15.8. The van der Waals surface area contributed by atoms with Crippen LogP contribution in [0.4, 0.5) is 11.4 Å². The van der Waals surface area contributed by atoms with Gasteiger partial charge in [0, 0.05) is 13.1 Å². The van der Waals surface area contributed by atoms with Crippen molar-refractivity contribution in [2.45, 2.75) is 0 Å². The van der Waals surface area contributed by atoms with E-state index in [4.69, 9.17) is 21.6 Å². The van der Waals surface area contributed by atoms with Crippen molar-refractivity contribution in [3.05, 3.63) is 23.2 Å². The molecule has 1 N–H and O–H groups in total. The molecule has 0 bridgehead atoms. The number of hydrogen-bond donors (Lipinski definition) is 1. The summed E-state index contributed by atoms with van der Waals surface area (Å²) in [5.74, 6) is 0. The topological polar surface area (TPSA) is 60.6 Å². The average molecular weight is 311 g/mol. The Labute approximate surface area is 127 Å². The van der Waals surface area contributed by atoms with Crippen LogP contribution in [0.2, 0.25) is 5.02 Å². The smallest absolute Gasteiger partial charge is 0.183 e. The summed E-state index contributed by atoms with van der Waals surface area (Å²) < 4.78 is 5.36. The summed E-state index contributed by atoms with van der Waals surface area (Å²) in [6.07, 6.45) is 3.75. The van der Waals surface area contributed by atoms with Crippen LogP contribution in [0.25, 0.3) is 0 Å². The number of hydrogen-bond acceptors (Lipinski definition) is 5. The molecule has 0 atom stereocenters. The second kappa shape index (κ2) is 7.39. The Morgan fingerprint density at radius 3 is 2.90 bits per heavy atom. The molecule has 0 spiro atoms. The van der Waals surface area contributed by atoms with E-state index in [9.17, 15) is 0 Å². The van der Waals surface area contributed by atoms with Crippen LogP contribution in [0.1, 0.15) is 0 Å². The van der Waals surface area contributed by atoms with Gasteiger partial charge in [0.2, 0.25) is 0 Å². The molecule has 1 saturated heterocycles. The van der Waals surface area contributed by atoms with Crippen molar-refractivity contribution in [3.63, 3.8) is 0 Å². The van der Waals surface area contributed by atoms with Gasteiger partial charge in [0.15, 0.2) is 11.4 Å². The summed E-state index contributed by atoms with van der Waals surface area (Å²) in [7, 11) is 0. The summed E-state index contributed by atoms with van der Waals surface area (Å²) in [6, 6.07) is 5.60. The number of anilines is 1. The van der Waals surface area contributed by atoms with Crippen LogP contribution in [0, 0.1) is 11.5 Å². The molecule has 20 heavy (non-hydrogen) atoms. The van der Waals surface area contributed by atoms with Gasteiger partial charge in [-0.05, 0) is 18.4 Å². The number of ether oxygens (including phenoxy) is 1. The van der Waals surface area contributed by atoms with Gasteiger partial charge >= 0.3 is 0 Å². The number of nitriles is 1. The van der Waals surface area contributed by atoms with E-state index >= 15 is 0 Å². The predicted octanol–water partition coefficient (Wildman–Crippen LogP) is 2.60. The number of rotatable bonds is 2. The third-order valence-corrected chi connectivity index (χ3v) is 3.76. The van der Waals surface area contributed by atoms with E-state index < -0.39 is 0 Å². The maximum atomic E-state index is 8.71. The van der Waals surface area contributed by atoms with Crippen LogP contribution in [-0.2, 0) is 4.74 Å². The Morgan fingerprint density at radius 2 is 2.25 bits per heavy atom. The van der Waals surface area contributed by atoms with Crippen LogP contribution in [0.15, 0.2) is 23.2 Å². The lowest BCUT2D eigenvalue weighted by molar-refractivity contribution is 0.123. The summed E-state index contributed by atoms with van der Waals surface area (Å²) >= 11 is 7.70. The van der Waals surface area contributed by atoms with E-state index in [0.29, 0.717) is 23.4 Å². The number of benzene rings is 1. The van der Waals surface area contributed by atoms with E-state index in [1.165, 1.54) is 11.8 Å². The van der Waals surface area contributed by atoms with Gasteiger partial charge in [-0.1, -0.05) is 29.4 Å². The van der Waals surface area contributed by atoms with Crippen molar-refractivity contribution in [2.24, 2.45) is 4.99 Å². The van der Waals surface area contributed by atoms with Crippen molar-refractivity contribution in [2.75, 3.05) is 37.5 Å². The van der Waals surface area contributed by atoms with Gasteiger partial charge in [0.1, 0.15) is 0 Å². The fourth-order valence-electron chi connectivity index (χ4n) is 1.98. The Morgan fingerprint density at radius 1 is 1.50 bits per heavy atom. The number of nitrogens with zero attached hydrogens (tertiary/aromatic N) is 3. The van der Waals surface area contributed by atoms with Gasteiger partial charge in [-0.2, -0.15) is 5.26 Å². The number of nitrogens with one attached hydrogen (secondary N) is 1. The highest BCUT2D eigenvalue weighted by molar-refractivity contribution is 8.13. The lowest BCUT2D eigenvalue weighted by Crippen LogP contribution is -2.36. The van der Waals surface area contributed by atoms with Crippen LogP contribution >= 0.6 is 23.4 Å². The van der Waals surface area contributed by atoms with Gasteiger partial charge in [0.25, 0.3) is 0 Å². The largest absolute Gasteiger partial charge is 0.378 e. The number of amidine groups is 1. The highest BCUT2D eigenvalue weighted by Gasteiger charge is 2.18. The Kier molecular flexibility index (Phi) is 5.53. The lowest BCUT2D eigenvalue weighted by Gasteiger charge is -2.30. The molecule has 1 aliphatic heterocycles. The molecule has 0 radical (unpaired) electrons. The van der Waals surface area contributed by atoms with Gasteiger partial charge in [-0.3, -0.25) is 5.32 Å². The fourth-order valence-corrected chi connectivity index (χ4v) is 2.60. The van der Waals surface area contributed by atoms with Crippen LogP contribution in [0.3, 0.4) is 0 Å². The van der Waals surface area contributed by atoms with E-state index in [2.05, 4.69) is 15.2 Å². The second-order valence-corrected chi connectivity index (χ2v) is 5.27. The molecule has 0 aromatic heterocycles. The van der Waals surface area contributed by atoms with Crippen LogP contribution < -0.4 is 10.2 Å². The number of thioether (sulfide) groups is 1. The molecular formula is C13H15ClN4OS. The van der Waals surface area contributed by atoms with Gasteiger partial charge in [-0.15, -0.1) is 0 Å². The van der Waals surface area contributed by atoms with Crippen molar-refractivity contribution < 1.29 is 4.74 Å². The first-order valence-electron chi connectivity index (χ1n) is 6.15. The number of aliphatic imine (C=N–C) groups is 1. The molecule has 1 aromatic rings. The molecule has 0 saturated carbocycles. The third-order valence-electron chi connectivity index (χ3n) is 2.87. The molecule has 1 fully saturated rings. The lowest BCUT2D eigenvalue weighted by atomic mass is 10.2. The molecule has 2 rings (SSSR count). The van der Waals surface area contributed by atoms with E-state index in [1.54, 1.807) is 0 Å². The van der Waals surface area contributed by atoms with E-state index in [0.717, 1.165) is 24.5 Å². The molecule has 0 amide bonds. The molecule has 7 heteroatoms. The van der Waals surface area contributed by atoms with E-state index in [1.807, 2.05) is 30.6 Å². The number of halogens is 1. The SMILES string of the molecule is CSC(=Nc1cccc(Cl)c1N1CCOCC1)NC#N. The molecule has 1 heterocycles. The molecule has 0 unspecified atom stereocenters. The van der Waals surface area contributed by atoms with Gasteiger partial charge in [-0.25, -0.2) is 4.99 Å². The number of morpholine rings is 1. The summed E-state index contributed by atoms with van der Waals surface area (Å²) in [4.78, 5) is 6.64. The van der Waals surface area contributed by atoms with Crippen molar-refractivity contribution in [1.82, 2.24) is 5.32 Å². The van der Waals surface area contributed by atoms with Crippen molar-refractivity contribution in [3.8, 4) is 6.19 Å². The Hall–Kier alpha value is -1.42. The first-order valence-corrected chi connectivity index (χ1v) is 7.75. The third kappa shape index (κ3) is 3.57. The molecule has 106 valence electrons. The highest BCUT2D eigenvalue weighted by Crippen LogP contribution is 2.36. The molecule has 0 aliphatic carbocycles. The van der Waals surface area contributed by atoms with Crippen LogP contribution in [0.5, 0.6) is 0 Å². The van der Waals surface area contributed by atoms with Crippen molar-refractivity contribution in [1.29, 1.82) is 5.26 Å². The highest BCUT2D eigenvalue weighted by atomic mass is 35.5. The summed E-state index contributed by atoms with van der Waals surface area (Å²) in [6.45, 7) is 2.93. The summed E-state index contributed by atoms with van der Waals surface area (Å²) in [5, 5.41) is 12.5. The standard InChI is InChI=1S/C13H15ClN4OS/c1-20-13(16-9-15)17-11-4-2-3-10(14)12(11)18-5-7-19-8-6-18/h2-4H,5-8H2,1H3,(H,16,17). The minimum Gasteiger partial charge on any atom is -0.378 e. The van der Waals surface area contributed by atoms with Crippen LogP contribution in [-0.4, -0.2) is 37.7 Å². The quantitative estimate of drug-likeness (QED) is 0.394. The first kappa shape index (κ1) is 15.0. The number of para-hydroxylation sites is 1. The monoisotopic (exact) mass is 310 g/mol. The Balaban J connectivity index is 2.37. The molecular weight excluding hydrogens is 296 g/mol. The zero-order chi connectivity index (χ0) is 14.4. The van der Waals surface area contributed by atoms with Gasteiger partial charge < -0.3 is 9.64 Å². The van der Waals surface area contributed by atoms with Gasteiger partial charge in [0.05, 0.1) is 29.6 Å². The molecule has 1 aliphatic rings. The van der Waals surface area contributed by atoms with E-state index in [-0.39, 0.29) is 0 Å². The average Bonchev–Trinajstić information content (AvgIpc) is 2.48. The molecule has 1 aromatic carbocycles. The second-order valence-electron chi connectivity index (χ2n) is 4.06. The summed E-state index contributed by atoms with van der Waals surface area (Å²) in [5.41, 5.74) is 1.65.